The van der Waals surface area contributed by atoms with Crippen LogP contribution in [0.2, 0.25) is 0 Å². The van der Waals surface area contributed by atoms with Crippen LogP contribution in [-0.4, -0.2) is 28.0 Å². The van der Waals surface area contributed by atoms with E-state index >= 15 is 0 Å². The number of H-pyrrole nitrogens is 1. The van der Waals surface area contributed by atoms with Crippen LogP contribution in [0.3, 0.4) is 0 Å². The Bertz CT molecular complexity index is 618. The van der Waals surface area contributed by atoms with Crippen molar-refractivity contribution in [2.75, 3.05) is 0 Å². The largest absolute Gasteiger partial charge is 0.480 e. The molecule has 0 aliphatic heterocycles. The lowest BCUT2D eigenvalue weighted by Crippen LogP contribution is -2.40. The highest BCUT2D eigenvalue weighted by Crippen LogP contribution is 2.17. The number of rotatable bonds is 6. The number of hydrogen-bond acceptors (Lipinski definition) is 2. The zero-order chi connectivity index (χ0) is 14.5. The normalized spacial score (nSPS) is 12.2. The van der Waals surface area contributed by atoms with Crippen molar-refractivity contribution in [2.45, 2.75) is 32.2 Å². The van der Waals surface area contributed by atoms with Gasteiger partial charge in [0.25, 0.3) is 5.91 Å². The van der Waals surface area contributed by atoms with Gasteiger partial charge in [0, 0.05) is 11.6 Å². The summed E-state index contributed by atoms with van der Waals surface area (Å²) in [5, 5.41) is 12.7. The smallest absolute Gasteiger partial charge is 0.326 e. The molecule has 0 saturated carbocycles. The van der Waals surface area contributed by atoms with Crippen molar-refractivity contribution in [1.82, 2.24) is 10.3 Å². The highest BCUT2D eigenvalue weighted by atomic mass is 16.4. The molecule has 0 aliphatic rings. The van der Waals surface area contributed by atoms with Crippen molar-refractivity contribution in [2.24, 2.45) is 0 Å². The van der Waals surface area contributed by atoms with Gasteiger partial charge in [-0.25, -0.2) is 4.79 Å². The third-order valence-corrected chi connectivity index (χ3v) is 3.28. The molecule has 2 aromatic rings. The molecule has 2 rings (SSSR count). The van der Waals surface area contributed by atoms with E-state index in [1.807, 2.05) is 19.1 Å². The first-order valence-electron chi connectivity index (χ1n) is 6.73. The molecular formula is C15H18N2O3. The second-order valence-corrected chi connectivity index (χ2v) is 4.75. The van der Waals surface area contributed by atoms with E-state index in [2.05, 4.69) is 10.3 Å². The average Bonchev–Trinajstić information content (AvgIpc) is 2.90. The Labute approximate surface area is 117 Å². The third-order valence-electron chi connectivity index (χ3n) is 3.28. The quantitative estimate of drug-likeness (QED) is 0.757. The van der Waals surface area contributed by atoms with Gasteiger partial charge in [-0.1, -0.05) is 31.9 Å². The zero-order valence-corrected chi connectivity index (χ0v) is 11.3. The number of carbonyl (C=O) groups excluding carboxylic acids is 1. The summed E-state index contributed by atoms with van der Waals surface area (Å²) < 4.78 is 0. The van der Waals surface area contributed by atoms with Gasteiger partial charge >= 0.3 is 5.97 Å². The van der Waals surface area contributed by atoms with Crippen molar-refractivity contribution < 1.29 is 14.7 Å². The number of aromatic amines is 1. The molecule has 0 fully saturated rings. The molecule has 1 aromatic heterocycles. The number of fused-ring (bicyclic) bond motifs is 1. The average molecular weight is 274 g/mol. The predicted octanol–water partition coefficient (Wildman–Crippen LogP) is 2.54. The molecule has 0 bridgehead atoms. The van der Waals surface area contributed by atoms with Gasteiger partial charge in [0.1, 0.15) is 6.04 Å². The number of benzene rings is 1. The van der Waals surface area contributed by atoms with Gasteiger partial charge in [0.15, 0.2) is 0 Å². The highest BCUT2D eigenvalue weighted by molar-refractivity contribution is 6.06. The van der Waals surface area contributed by atoms with E-state index in [0.29, 0.717) is 12.0 Å². The minimum Gasteiger partial charge on any atom is -0.480 e. The van der Waals surface area contributed by atoms with Crippen LogP contribution in [0.1, 0.15) is 36.5 Å². The predicted molar refractivity (Wildman–Crippen MR) is 76.7 cm³/mol. The van der Waals surface area contributed by atoms with E-state index in [0.717, 1.165) is 23.7 Å². The van der Waals surface area contributed by atoms with Crippen LogP contribution in [0.5, 0.6) is 0 Å². The summed E-state index contributed by atoms with van der Waals surface area (Å²) in [6.07, 6.45) is 3.86. The van der Waals surface area contributed by atoms with Crippen molar-refractivity contribution in [3.05, 3.63) is 36.0 Å². The first-order chi connectivity index (χ1) is 9.63. The van der Waals surface area contributed by atoms with Crippen LogP contribution in [0.4, 0.5) is 0 Å². The lowest BCUT2D eigenvalue weighted by Gasteiger charge is -2.14. The molecule has 1 aromatic carbocycles. The number of hydrogen-bond donors (Lipinski definition) is 3. The molecule has 20 heavy (non-hydrogen) atoms. The van der Waals surface area contributed by atoms with E-state index in [1.54, 1.807) is 18.3 Å². The molecule has 5 nitrogen and oxygen atoms in total. The van der Waals surface area contributed by atoms with Gasteiger partial charge in [0.05, 0.1) is 11.1 Å². The van der Waals surface area contributed by atoms with Crippen molar-refractivity contribution >= 4 is 22.8 Å². The number of carbonyl (C=O) groups is 2. The van der Waals surface area contributed by atoms with Crippen molar-refractivity contribution in [1.29, 1.82) is 0 Å². The summed E-state index contributed by atoms with van der Waals surface area (Å²) in [6, 6.07) is 6.40. The summed E-state index contributed by atoms with van der Waals surface area (Å²) in [5.41, 5.74) is 1.19. The molecule has 1 atom stereocenters. The molecule has 0 saturated heterocycles. The van der Waals surface area contributed by atoms with Gasteiger partial charge < -0.3 is 15.4 Å². The molecule has 3 N–H and O–H groups in total. The van der Waals surface area contributed by atoms with Crippen LogP contribution in [0, 0.1) is 0 Å². The van der Waals surface area contributed by atoms with Crippen molar-refractivity contribution in [3.63, 3.8) is 0 Å². The molecule has 5 heteroatoms. The fourth-order valence-corrected chi connectivity index (χ4v) is 2.18. The molecule has 0 radical (unpaired) electrons. The lowest BCUT2D eigenvalue weighted by atomic mass is 10.1. The second-order valence-electron chi connectivity index (χ2n) is 4.75. The van der Waals surface area contributed by atoms with E-state index in [4.69, 9.17) is 5.11 Å². The highest BCUT2D eigenvalue weighted by Gasteiger charge is 2.21. The van der Waals surface area contributed by atoms with Crippen LogP contribution in [0.25, 0.3) is 10.9 Å². The summed E-state index contributed by atoms with van der Waals surface area (Å²) >= 11 is 0. The zero-order valence-electron chi connectivity index (χ0n) is 11.3. The summed E-state index contributed by atoms with van der Waals surface area (Å²) in [5.74, 6) is -1.35. The Kier molecular flexibility index (Phi) is 4.40. The maximum atomic E-state index is 12.2. The fourth-order valence-electron chi connectivity index (χ4n) is 2.18. The standard InChI is InChI=1S/C15H18N2O3/c1-2-3-7-12(15(19)20)17-14(18)11-6-4-5-10-8-9-16-13(10)11/h4-6,8-9,12,16H,2-3,7H2,1H3,(H,17,18)(H,19,20)/t12-/m0/s1. The van der Waals surface area contributed by atoms with Crippen LogP contribution < -0.4 is 5.32 Å². The molecule has 0 aliphatic carbocycles. The van der Waals surface area contributed by atoms with E-state index in [-0.39, 0.29) is 5.91 Å². The van der Waals surface area contributed by atoms with E-state index in [1.165, 1.54) is 0 Å². The summed E-state index contributed by atoms with van der Waals surface area (Å²) in [4.78, 5) is 26.4. The summed E-state index contributed by atoms with van der Waals surface area (Å²) in [6.45, 7) is 1.99. The molecule has 0 unspecified atom stereocenters. The van der Waals surface area contributed by atoms with Crippen LogP contribution in [0.15, 0.2) is 30.5 Å². The Balaban J connectivity index is 2.18. The third kappa shape index (κ3) is 2.99. The molecule has 106 valence electrons. The fraction of sp³-hybridized carbons (Fsp3) is 0.333. The maximum absolute atomic E-state index is 12.2. The number of carboxylic acids is 1. The Morgan fingerprint density at radius 3 is 2.85 bits per heavy atom. The number of nitrogens with one attached hydrogen (secondary N) is 2. The Morgan fingerprint density at radius 1 is 1.35 bits per heavy atom. The SMILES string of the molecule is CCCC[C@H](NC(=O)c1cccc2cc[nH]c12)C(=O)O. The van der Waals surface area contributed by atoms with Gasteiger partial charge in [0.2, 0.25) is 0 Å². The molecule has 0 spiro atoms. The summed E-state index contributed by atoms with van der Waals surface area (Å²) in [7, 11) is 0. The van der Waals surface area contributed by atoms with Crippen LogP contribution in [-0.2, 0) is 4.79 Å². The molecule has 1 amide bonds. The topological polar surface area (TPSA) is 82.2 Å². The number of aliphatic carboxylic acids is 1. The number of para-hydroxylation sites is 1. The molecule has 1 heterocycles. The van der Waals surface area contributed by atoms with Gasteiger partial charge in [-0.05, 0) is 18.6 Å². The van der Waals surface area contributed by atoms with Gasteiger partial charge in [-0.3, -0.25) is 4.79 Å². The number of aromatic nitrogens is 1. The Hall–Kier alpha value is -2.30. The lowest BCUT2D eigenvalue weighted by molar-refractivity contribution is -0.139. The van der Waals surface area contributed by atoms with E-state index < -0.39 is 12.0 Å². The van der Waals surface area contributed by atoms with E-state index in [9.17, 15) is 9.59 Å². The van der Waals surface area contributed by atoms with Crippen molar-refractivity contribution in [3.8, 4) is 0 Å². The monoisotopic (exact) mass is 274 g/mol. The second kappa shape index (κ2) is 6.23. The maximum Gasteiger partial charge on any atom is 0.326 e. The number of carboxylic acid groups (broad SMARTS) is 1. The number of unbranched alkanes of at least 4 members (excludes halogenated alkanes) is 1. The van der Waals surface area contributed by atoms with Gasteiger partial charge in [-0.15, -0.1) is 0 Å². The molecular weight excluding hydrogens is 256 g/mol. The first kappa shape index (κ1) is 14.1. The number of amides is 1. The minimum atomic E-state index is -0.995. The Morgan fingerprint density at radius 2 is 2.15 bits per heavy atom. The minimum absolute atomic E-state index is 0.360. The first-order valence-corrected chi connectivity index (χ1v) is 6.73. The van der Waals surface area contributed by atoms with Gasteiger partial charge in [-0.2, -0.15) is 0 Å². The van der Waals surface area contributed by atoms with Crippen LogP contribution >= 0.6 is 0 Å².